The number of hydrogen-bond acceptors (Lipinski definition) is 6. The van der Waals surface area contributed by atoms with Gasteiger partial charge in [-0.15, -0.1) is 0 Å². The molecule has 1 N–H and O–H groups in total. The van der Waals surface area contributed by atoms with Crippen molar-refractivity contribution < 1.29 is 4.52 Å². The average molecular weight is 297 g/mol. The minimum absolute atomic E-state index is 0.216. The van der Waals surface area contributed by atoms with Gasteiger partial charge < -0.3 is 14.7 Å². The van der Waals surface area contributed by atoms with Crippen LogP contribution in [0.15, 0.2) is 22.7 Å². The van der Waals surface area contributed by atoms with Gasteiger partial charge in [0.25, 0.3) is 5.89 Å². The highest BCUT2D eigenvalue weighted by Gasteiger charge is 2.17. The van der Waals surface area contributed by atoms with Gasteiger partial charge in [-0.2, -0.15) is 10.2 Å². The van der Waals surface area contributed by atoms with E-state index in [1.807, 2.05) is 32.0 Å². The molecule has 1 aliphatic rings. The molecular weight excluding hydrogens is 278 g/mol. The van der Waals surface area contributed by atoms with Crippen LogP contribution in [0.1, 0.15) is 31.2 Å². The fourth-order valence-electron chi connectivity index (χ4n) is 2.53. The number of hydrogen-bond donors (Lipinski definition) is 1. The molecule has 0 unspecified atom stereocenters. The molecule has 1 aromatic carbocycles. The standard InChI is InChI=1S/C16H19N5O/c1-11(2)15-19-16(22-20-15)12-3-4-14(13(9-12)10-17)21-7-5-18-6-8-21/h3-4,9,11,18H,5-8H2,1-2H3. The summed E-state index contributed by atoms with van der Waals surface area (Å²) >= 11 is 0. The van der Waals surface area contributed by atoms with E-state index >= 15 is 0 Å². The molecule has 0 radical (unpaired) electrons. The Hall–Kier alpha value is -2.39. The average Bonchev–Trinajstić information content (AvgIpc) is 3.05. The summed E-state index contributed by atoms with van der Waals surface area (Å²) in [6, 6.07) is 8.02. The van der Waals surface area contributed by atoms with Gasteiger partial charge in [-0.05, 0) is 18.2 Å². The predicted octanol–water partition coefficient (Wildman–Crippen LogP) is 2.14. The smallest absolute Gasteiger partial charge is 0.257 e. The Bertz CT molecular complexity index is 695. The minimum atomic E-state index is 0.216. The van der Waals surface area contributed by atoms with E-state index in [0.717, 1.165) is 37.4 Å². The van der Waals surface area contributed by atoms with Crippen molar-refractivity contribution in [3.8, 4) is 17.5 Å². The third-order valence-corrected chi connectivity index (χ3v) is 3.78. The summed E-state index contributed by atoms with van der Waals surface area (Å²) in [7, 11) is 0. The molecule has 0 saturated carbocycles. The molecule has 0 aliphatic carbocycles. The van der Waals surface area contributed by atoms with E-state index in [4.69, 9.17) is 4.52 Å². The molecule has 114 valence electrons. The van der Waals surface area contributed by atoms with Gasteiger partial charge in [-0.3, -0.25) is 0 Å². The summed E-state index contributed by atoms with van der Waals surface area (Å²) in [4.78, 5) is 6.62. The molecule has 1 aliphatic heterocycles. The molecule has 1 fully saturated rings. The Labute approximate surface area is 129 Å². The second-order valence-electron chi connectivity index (χ2n) is 5.69. The number of piperazine rings is 1. The zero-order chi connectivity index (χ0) is 15.5. The SMILES string of the molecule is CC(C)c1noc(-c2ccc(N3CCNCC3)c(C#N)c2)n1. The van der Waals surface area contributed by atoms with E-state index in [0.29, 0.717) is 17.3 Å². The van der Waals surface area contributed by atoms with E-state index in [9.17, 15) is 5.26 Å². The quantitative estimate of drug-likeness (QED) is 0.935. The van der Waals surface area contributed by atoms with Gasteiger partial charge in [0.1, 0.15) is 6.07 Å². The summed E-state index contributed by atoms with van der Waals surface area (Å²) in [5, 5.41) is 16.7. The Morgan fingerprint density at radius 3 is 2.73 bits per heavy atom. The van der Waals surface area contributed by atoms with Crippen molar-refractivity contribution >= 4 is 5.69 Å². The first-order chi connectivity index (χ1) is 10.7. The van der Waals surface area contributed by atoms with Crippen LogP contribution in [-0.2, 0) is 0 Å². The fourth-order valence-corrected chi connectivity index (χ4v) is 2.53. The number of aromatic nitrogens is 2. The maximum atomic E-state index is 9.45. The molecule has 0 spiro atoms. The number of nitrogens with one attached hydrogen (secondary N) is 1. The first kappa shape index (κ1) is 14.5. The van der Waals surface area contributed by atoms with Crippen molar-refractivity contribution in [1.29, 1.82) is 5.26 Å². The zero-order valence-corrected chi connectivity index (χ0v) is 12.8. The monoisotopic (exact) mass is 297 g/mol. The largest absolute Gasteiger partial charge is 0.368 e. The molecule has 3 rings (SSSR count). The number of anilines is 1. The van der Waals surface area contributed by atoms with E-state index in [1.54, 1.807) is 0 Å². The van der Waals surface area contributed by atoms with Gasteiger partial charge in [0.2, 0.25) is 0 Å². The number of benzene rings is 1. The van der Waals surface area contributed by atoms with Gasteiger partial charge in [-0.25, -0.2) is 0 Å². The Morgan fingerprint density at radius 2 is 2.09 bits per heavy atom. The zero-order valence-electron chi connectivity index (χ0n) is 12.8. The van der Waals surface area contributed by atoms with Crippen LogP contribution in [0.3, 0.4) is 0 Å². The Kier molecular flexibility index (Phi) is 4.07. The first-order valence-corrected chi connectivity index (χ1v) is 7.53. The van der Waals surface area contributed by atoms with E-state index in [2.05, 4.69) is 26.4 Å². The molecule has 0 atom stereocenters. The molecular formula is C16H19N5O. The maximum absolute atomic E-state index is 9.45. The molecule has 22 heavy (non-hydrogen) atoms. The summed E-state index contributed by atoms with van der Waals surface area (Å²) in [6.07, 6.45) is 0. The van der Waals surface area contributed by atoms with Crippen molar-refractivity contribution in [2.45, 2.75) is 19.8 Å². The van der Waals surface area contributed by atoms with Crippen LogP contribution in [0.5, 0.6) is 0 Å². The van der Waals surface area contributed by atoms with Crippen LogP contribution in [0.2, 0.25) is 0 Å². The van der Waals surface area contributed by atoms with Gasteiger partial charge in [0, 0.05) is 37.7 Å². The van der Waals surface area contributed by atoms with Crippen LogP contribution < -0.4 is 10.2 Å². The second-order valence-corrected chi connectivity index (χ2v) is 5.69. The number of nitriles is 1. The van der Waals surface area contributed by atoms with Crippen LogP contribution in [0, 0.1) is 11.3 Å². The fraction of sp³-hybridized carbons (Fsp3) is 0.438. The third-order valence-electron chi connectivity index (χ3n) is 3.78. The molecule has 2 aromatic rings. The number of rotatable bonds is 3. The predicted molar refractivity (Wildman–Crippen MR) is 83.6 cm³/mol. The van der Waals surface area contributed by atoms with Crippen molar-refractivity contribution in [3.63, 3.8) is 0 Å². The lowest BCUT2D eigenvalue weighted by Crippen LogP contribution is -2.43. The van der Waals surface area contributed by atoms with Crippen molar-refractivity contribution in [2.75, 3.05) is 31.1 Å². The Morgan fingerprint density at radius 1 is 1.32 bits per heavy atom. The topological polar surface area (TPSA) is 78.0 Å². The highest BCUT2D eigenvalue weighted by molar-refractivity contribution is 5.67. The van der Waals surface area contributed by atoms with E-state index < -0.39 is 0 Å². The lowest BCUT2D eigenvalue weighted by atomic mass is 10.1. The molecule has 1 saturated heterocycles. The normalized spacial score (nSPS) is 15.1. The molecule has 6 heteroatoms. The molecule has 0 bridgehead atoms. The summed E-state index contributed by atoms with van der Waals surface area (Å²) < 4.78 is 5.30. The highest BCUT2D eigenvalue weighted by atomic mass is 16.5. The van der Waals surface area contributed by atoms with Gasteiger partial charge in [0.15, 0.2) is 5.82 Å². The Balaban J connectivity index is 1.92. The van der Waals surface area contributed by atoms with Gasteiger partial charge in [-0.1, -0.05) is 19.0 Å². The molecule has 0 amide bonds. The lowest BCUT2D eigenvalue weighted by Gasteiger charge is -2.30. The summed E-state index contributed by atoms with van der Waals surface area (Å²) in [5.41, 5.74) is 2.40. The lowest BCUT2D eigenvalue weighted by molar-refractivity contribution is 0.419. The van der Waals surface area contributed by atoms with Crippen LogP contribution >= 0.6 is 0 Å². The minimum Gasteiger partial charge on any atom is -0.368 e. The van der Waals surface area contributed by atoms with E-state index in [1.165, 1.54) is 0 Å². The second kappa shape index (κ2) is 6.16. The highest BCUT2D eigenvalue weighted by Crippen LogP contribution is 2.27. The maximum Gasteiger partial charge on any atom is 0.257 e. The van der Waals surface area contributed by atoms with Gasteiger partial charge >= 0.3 is 0 Å². The summed E-state index contributed by atoms with van der Waals surface area (Å²) in [5.74, 6) is 1.36. The molecule has 1 aromatic heterocycles. The van der Waals surface area contributed by atoms with Crippen molar-refractivity contribution in [1.82, 2.24) is 15.5 Å². The third kappa shape index (κ3) is 2.81. The van der Waals surface area contributed by atoms with Gasteiger partial charge in [0.05, 0.1) is 11.3 Å². The van der Waals surface area contributed by atoms with Crippen LogP contribution in [0.4, 0.5) is 5.69 Å². The van der Waals surface area contributed by atoms with Crippen molar-refractivity contribution in [2.24, 2.45) is 0 Å². The first-order valence-electron chi connectivity index (χ1n) is 7.53. The molecule has 2 heterocycles. The van der Waals surface area contributed by atoms with Crippen LogP contribution in [0.25, 0.3) is 11.5 Å². The van der Waals surface area contributed by atoms with E-state index in [-0.39, 0.29) is 5.92 Å². The van der Waals surface area contributed by atoms with Crippen molar-refractivity contribution in [3.05, 3.63) is 29.6 Å². The molecule has 6 nitrogen and oxygen atoms in total. The number of nitrogens with zero attached hydrogens (tertiary/aromatic N) is 4. The summed E-state index contributed by atoms with van der Waals surface area (Å²) in [6.45, 7) is 7.73. The van der Waals surface area contributed by atoms with Crippen LogP contribution in [-0.4, -0.2) is 36.3 Å².